The van der Waals surface area contributed by atoms with Crippen molar-refractivity contribution in [2.24, 2.45) is 0 Å². The Morgan fingerprint density at radius 1 is 1.58 bits per heavy atom. The summed E-state index contributed by atoms with van der Waals surface area (Å²) >= 11 is 3.83. The van der Waals surface area contributed by atoms with E-state index in [1.165, 1.54) is 25.3 Å². The van der Waals surface area contributed by atoms with Crippen LogP contribution in [-0.4, -0.2) is 13.1 Å². The van der Waals surface area contributed by atoms with Crippen molar-refractivity contribution in [2.75, 3.05) is 7.11 Å². The van der Waals surface area contributed by atoms with Crippen LogP contribution in [0.1, 0.15) is 10.4 Å². The van der Waals surface area contributed by atoms with E-state index in [0.29, 0.717) is 0 Å². The second-order valence-electron chi connectivity index (χ2n) is 2.13. The normalized spacial score (nSPS) is 9.58. The van der Waals surface area contributed by atoms with Gasteiger partial charge in [-0.15, -0.1) is 12.6 Å². The maximum absolute atomic E-state index is 12.8. The van der Waals surface area contributed by atoms with Crippen LogP contribution in [0.2, 0.25) is 0 Å². The summed E-state index contributed by atoms with van der Waals surface area (Å²) in [6, 6.07) is 4.12. The van der Waals surface area contributed by atoms with Crippen molar-refractivity contribution in [3.8, 4) is 0 Å². The Morgan fingerprint density at radius 3 is 2.83 bits per heavy atom. The fraction of sp³-hybridized carbons (Fsp3) is 0.125. The van der Waals surface area contributed by atoms with Crippen molar-refractivity contribution < 1.29 is 13.9 Å². The molecule has 2 nitrogen and oxygen atoms in total. The molecular weight excluding hydrogens is 179 g/mol. The van der Waals surface area contributed by atoms with E-state index in [-0.39, 0.29) is 10.5 Å². The lowest BCUT2D eigenvalue weighted by molar-refractivity contribution is 0.0596. The molecule has 0 spiro atoms. The summed E-state index contributed by atoms with van der Waals surface area (Å²) < 4.78 is 17.2. The van der Waals surface area contributed by atoms with Crippen LogP contribution in [0.4, 0.5) is 4.39 Å². The third-order valence-corrected chi connectivity index (χ3v) is 1.85. The zero-order valence-electron chi connectivity index (χ0n) is 6.37. The highest BCUT2D eigenvalue weighted by molar-refractivity contribution is 7.80. The summed E-state index contributed by atoms with van der Waals surface area (Å²) in [5.41, 5.74) is 0.140. The van der Waals surface area contributed by atoms with E-state index < -0.39 is 11.8 Å². The predicted octanol–water partition coefficient (Wildman–Crippen LogP) is 1.90. The van der Waals surface area contributed by atoms with Crippen LogP contribution in [0, 0.1) is 5.82 Å². The van der Waals surface area contributed by atoms with Crippen LogP contribution >= 0.6 is 12.6 Å². The van der Waals surface area contributed by atoms with Gasteiger partial charge in [-0.05, 0) is 12.1 Å². The fourth-order valence-electron chi connectivity index (χ4n) is 0.790. The first-order valence-electron chi connectivity index (χ1n) is 3.22. The van der Waals surface area contributed by atoms with Gasteiger partial charge in [0.05, 0.1) is 17.6 Å². The number of carbonyl (C=O) groups is 1. The van der Waals surface area contributed by atoms with E-state index in [2.05, 4.69) is 17.4 Å². The van der Waals surface area contributed by atoms with Crippen LogP contribution in [0.25, 0.3) is 0 Å². The highest BCUT2D eigenvalue weighted by Crippen LogP contribution is 2.17. The van der Waals surface area contributed by atoms with E-state index in [0.717, 1.165) is 0 Å². The van der Waals surface area contributed by atoms with Crippen LogP contribution in [0.5, 0.6) is 0 Å². The number of benzene rings is 1. The van der Waals surface area contributed by atoms with E-state index in [1.807, 2.05) is 0 Å². The summed E-state index contributed by atoms with van der Waals surface area (Å²) in [4.78, 5) is 11.0. The monoisotopic (exact) mass is 186 g/mol. The Hall–Kier alpha value is -1.03. The molecule has 12 heavy (non-hydrogen) atoms. The zero-order valence-corrected chi connectivity index (χ0v) is 7.27. The second kappa shape index (κ2) is 3.58. The molecule has 0 unspecified atom stereocenters. The van der Waals surface area contributed by atoms with Gasteiger partial charge in [0.1, 0.15) is 5.82 Å². The minimum atomic E-state index is -0.584. The number of ether oxygens (including phenoxy) is 1. The second-order valence-corrected chi connectivity index (χ2v) is 2.57. The average molecular weight is 186 g/mol. The number of carbonyl (C=O) groups excluding carboxylic acids is 1. The molecule has 1 aromatic rings. The average Bonchev–Trinajstić information content (AvgIpc) is 2.08. The molecule has 0 amide bonds. The van der Waals surface area contributed by atoms with Crippen LogP contribution in [0.15, 0.2) is 23.1 Å². The maximum atomic E-state index is 12.8. The highest BCUT2D eigenvalue weighted by atomic mass is 32.1. The van der Waals surface area contributed by atoms with Crippen molar-refractivity contribution in [3.05, 3.63) is 29.6 Å². The minimum absolute atomic E-state index is 0.0179. The predicted molar refractivity (Wildman–Crippen MR) is 45.0 cm³/mol. The molecule has 0 aromatic heterocycles. The van der Waals surface area contributed by atoms with Crippen molar-refractivity contribution >= 4 is 18.6 Å². The smallest absolute Gasteiger partial charge is 0.339 e. The number of hydrogen-bond donors (Lipinski definition) is 1. The third kappa shape index (κ3) is 1.58. The topological polar surface area (TPSA) is 26.3 Å². The molecule has 0 saturated carbocycles. The number of esters is 1. The Labute approximate surface area is 74.8 Å². The molecule has 64 valence electrons. The SMILES string of the molecule is COC(=O)c1cccc(F)c1S. The van der Waals surface area contributed by atoms with Crippen molar-refractivity contribution in [1.82, 2.24) is 0 Å². The summed E-state index contributed by atoms with van der Waals surface area (Å²) in [5, 5.41) is 0. The lowest BCUT2D eigenvalue weighted by Gasteiger charge is -2.02. The molecule has 0 aliphatic rings. The lowest BCUT2D eigenvalue weighted by Crippen LogP contribution is -2.03. The Kier molecular flexibility index (Phi) is 2.70. The lowest BCUT2D eigenvalue weighted by atomic mass is 10.2. The molecule has 0 heterocycles. The van der Waals surface area contributed by atoms with Gasteiger partial charge in [0.25, 0.3) is 0 Å². The van der Waals surface area contributed by atoms with Crippen LogP contribution < -0.4 is 0 Å². The van der Waals surface area contributed by atoms with Crippen molar-refractivity contribution in [1.29, 1.82) is 0 Å². The molecule has 0 saturated heterocycles. The zero-order chi connectivity index (χ0) is 9.14. The first-order valence-corrected chi connectivity index (χ1v) is 3.67. The molecule has 0 atom stereocenters. The van der Waals surface area contributed by atoms with E-state index in [9.17, 15) is 9.18 Å². The molecule has 0 radical (unpaired) electrons. The van der Waals surface area contributed by atoms with Gasteiger partial charge in [-0.2, -0.15) is 0 Å². The molecule has 0 bridgehead atoms. The van der Waals surface area contributed by atoms with Crippen molar-refractivity contribution in [3.63, 3.8) is 0 Å². The number of rotatable bonds is 1. The fourth-order valence-corrected chi connectivity index (χ4v) is 1.03. The van der Waals surface area contributed by atoms with Gasteiger partial charge < -0.3 is 4.74 Å². The molecule has 1 rings (SSSR count). The van der Waals surface area contributed by atoms with Gasteiger partial charge in [-0.1, -0.05) is 6.07 Å². The van der Waals surface area contributed by atoms with Gasteiger partial charge in [-0.25, -0.2) is 9.18 Å². The standard InChI is InChI=1S/C8H7FO2S/c1-11-8(10)5-3-2-4-6(9)7(5)12/h2-4,12H,1H3. The molecule has 0 fully saturated rings. The van der Waals surface area contributed by atoms with Gasteiger partial charge in [0.2, 0.25) is 0 Å². The van der Waals surface area contributed by atoms with E-state index >= 15 is 0 Å². The molecular formula is C8H7FO2S. The Bertz CT molecular complexity index is 312. The Balaban J connectivity index is 3.16. The number of methoxy groups -OCH3 is 1. The molecule has 0 aliphatic heterocycles. The number of thiol groups is 1. The first-order chi connectivity index (χ1) is 5.66. The maximum Gasteiger partial charge on any atom is 0.339 e. The summed E-state index contributed by atoms with van der Waals surface area (Å²) in [5.74, 6) is -1.11. The molecule has 1 aromatic carbocycles. The quantitative estimate of drug-likeness (QED) is 0.535. The van der Waals surface area contributed by atoms with Gasteiger partial charge in [-0.3, -0.25) is 0 Å². The number of hydrogen-bond acceptors (Lipinski definition) is 3. The van der Waals surface area contributed by atoms with E-state index in [4.69, 9.17) is 0 Å². The van der Waals surface area contributed by atoms with Crippen LogP contribution in [-0.2, 0) is 4.74 Å². The van der Waals surface area contributed by atoms with Gasteiger partial charge in [0.15, 0.2) is 0 Å². The van der Waals surface area contributed by atoms with Gasteiger partial charge in [0, 0.05) is 0 Å². The van der Waals surface area contributed by atoms with Gasteiger partial charge >= 0.3 is 5.97 Å². The minimum Gasteiger partial charge on any atom is -0.465 e. The molecule has 4 heteroatoms. The summed E-state index contributed by atoms with van der Waals surface area (Å²) in [6.45, 7) is 0. The largest absolute Gasteiger partial charge is 0.465 e. The van der Waals surface area contributed by atoms with Crippen molar-refractivity contribution in [2.45, 2.75) is 4.90 Å². The number of halogens is 1. The summed E-state index contributed by atoms with van der Waals surface area (Å²) in [7, 11) is 1.24. The molecule has 0 aliphatic carbocycles. The van der Waals surface area contributed by atoms with E-state index in [1.54, 1.807) is 0 Å². The summed E-state index contributed by atoms with van der Waals surface area (Å²) in [6.07, 6.45) is 0. The third-order valence-electron chi connectivity index (χ3n) is 1.39. The van der Waals surface area contributed by atoms with Crippen LogP contribution in [0.3, 0.4) is 0 Å². The highest BCUT2D eigenvalue weighted by Gasteiger charge is 2.11. The first kappa shape index (κ1) is 9.06. The molecule has 0 N–H and O–H groups in total. The Morgan fingerprint density at radius 2 is 2.25 bits per heavy atom.